The van der Waals surface area contributed by atoms with E-state index in [1.165, 1.54) is 11.3 Å². The minimum atomic E-state index is -0.695. The summed E-state index contributed by atoms with van der Waals surface area (Å²) < 4.78 is 5.49. The summed E-state index contributed by atoms with van der Waals surface area (Å²) in [6.07, 6.45) is 4.83. The summed E-state index contributed by atoms with van der Waals surface area (Å²) in [5, 5.41) is 12.3. The zero-order valence-corrected chi connectivity index (χ0v) is 30.4. The van der Waals surface area contributed by atoms with Crippen molar-refractivity contribution in [1.29, 1.82) is 0 Å². The van der Waals surface area contributed by atoms with Gasteiger partial charge in [0.25, 0.3) is 0 Å². The lowest BCUT2D eigenvalue weighted by Gasteiger charge is -2.27. The van der Waals surface area contributed by atoms with Gasteiger partial charge in [-0.15, -0.1) is 22.7 Å². The van der Waals surface area contributed by atoms with Crippen molar-refractivity contribution in [1.82, 2.24) is 30.8 Å². The van der Waals surface area contributed by atoms with Crippen LogP contribution in [0.5, 0.6) is 0 Å². The maximum absolute atomic E-state index is 13.8. The van der Waals surface area contributed by atoms with Crippen LogP contribution in [0.1, 0.15) is 79.1 Å². The van der Waals surface area contributed by atoms with Gasteiger partial charge < -0.3 is 25.6 Å². The molecule has 4 rings (SSSR count). The van der Waals surface area contributed by atoms with Gasteiger partial charge in [-0.3, -0.25) is 9.78 Å². The summed E-state index contributed by atoms with van der Waals surface area (Å²) in [5.41, 5.74) is 4.71. The van der Waals surface area contributed by atoms with E-state index in [1.54, 1.807) is 35.0 Å². The molecule has 3 atom stereocenters. The second-order valence-corrected chi connectivity index (χ2v) is 14.4. The van der Waals surface area contributed by atoms with E-state index in [2.05, 4.69) is 39.8 Å². The highest BCUT2D eigenvalue weighted by atomic mass is 32.1. The van der Waals surface area contributed by atoms with Crippen molar-refractivity contribution in [2.45, 2.75) is 96.5 Å². The standard InChI is InChI=1S/C37H48N6O4S2/c1-5-12-33(42-36(45)43(4)22-31-24-48-35(40-31)26(2)3)34(44)39-29(19-27-13-8-6-9-14-27)17-18-30(20-28-15-10-7-11-16-28)41-37(46)47-23-32-21-38-25-49-32/h6-11,13-16,21,24-26,29-30,33H,5,12,17-20,22-23H2,1-4H3,(H,39,44)(H,41,46)(H,42,45)/t29-,30-,33+/m1/s1. The molecule has 10 nitrogen and oxygen atoms in total. The first-order chi connectivity index (χ1) is 23.7. The molecule has 49 heavy (non-hydrogen) atoms. The zero-order valence-electron chi connectivity index (χ0n) is 28.8. The van der Waals surface area contributed by atoms with Crippen LogP contribution in [-0.2, 0) is 35.5 Å². The van der Waals surface area contributed by atoms with E-state index in [0.29, 0.717) is 44.6 Å². The molecule has 0 spiro atoms. The molecule has 12 heteroatoms. The van der Waals surface area contributed by atoms with Gasteiger partial charge in [-0.05, 0) is 43.2 Å². The Morgan fingerprint density at radius 2 is 1.49 bits per heavy atom. The van der Waals surface area contributed by atoms with E-state index in [9.17, 15) is 14.4 Å². The van der Waals surface area contributed by atoms with Gasteiger partial charge in [-0.25, -0.2) is 14.6 Å². The number of amides is 4. The van der Waals surface area contributed by atoms with Gasteiger partial charge >= 0.3 is 12.1 Å². The van der Waals surface area contributed by atoms with Crippen molar-refractivity contribution in [3.05, 3.63) is 104 Å². The summed E-state index contributed by atoms with van der Waals surface area (Å²) in [4.78, 5) is 51.0. The minimum Gasteiger partial charge on any atom is -0.444 e. The maximum atomic E-state index is 13.8. The van der Waals surface area contributed by atoms with Gasteiger partial charge in [0.05, 0.1) is 27.6 Å². The van der Waals surface area contributed by atoms with Crippen LogP contribution in [0.2, 0.25) is 0 Å². The summed E-state index contributed by atoms with van der Waals surface area (Å²) in [7, 11) is 1.71. The third kappa shape index (κ3) is 12.9. The number of ether oxygens (including phenoxy) is 1. The monoisotopic (exact) mass is 704 g/mol. The molecule has 0 fully saturated rings. The molecule has 2 heterocycles. The molecule has 0 unspecified atom stereocenters. The Bertz CT molecular complexity index is 1570. The van der Waals surface area contributed by atoms with Crippen LogP contribution in [0.25, 0.3) is 0 Å². The Hall–Kier alpha value is -4.29. The fourth-order valence-corrected chi connectivity index (χ4v) is 6.73. The Kier molecular flexibility index (Phi) is 15.0. The van der Waals surface area contributed by atoms with Crippen molar-refractivity contribution >= 4 is 40.7 Å². The summed E-state index contributed by atoms with van der Waals surface area (Å²) >= 11 is 3.02. The predicted octanol–water partition coefficient (Wildman–Crippen LogP) is 7.08. The molecule has 0 saturated heterocycles. The van der Waals surface area contributed by atoms with E-state index in [4.69, 9.17) is 4.74 Å². The number of carbonyl (C=O) groups is 3. The quantitative estimate of drug-likeness (QED) is 0.102. The van der Waals surface area contributed by atoms with Gasteiger partial charge in [-0.1, -0.05) is 87.9 Å². The van der Waals surface area contributed by atoms with Gasteiger partial charge in [0.1, 0.15) is 12.6 Å². The Morgan fingerprint density at radius 3 is 2.04 bits per heavy atom. The number of nitrogens with one attached hydrogen (secondary N) is 3. The molecule has 262 valence electrons. The molecule has 0 aliphatic rings. The van der Waals surface area contributed by atoms with Gasteiger partial charge in [0, 0.05) is 36.6 Å². The number of rotatable bonds is 18. The van der Waals surface area contributed by atoms with E-state index in [0.717, 1.165) is 33.1 Å². The molecule has 4 aromatic rings. The van der Waals surface area contributed by atoms with Crippen LogP contribution in [0.4, 0.5) is 9.59 Å². The number of hydrogen-bond donors (Lipinski definition) is 3. The Labute approximate surface area is 297 Å². The molecule has 0 aliphatic carbocycles. The molecule has 2 aromatic carbocycles. The summed E-state index contributed by atoms with van der Waals surface area (Å²) in [6, 6.07) is 18.5. The number of thiazole rings is 2. The fraction of sp³-hybridized carbons (Fsp3) is 0.432. The van der Waals surface area contributed by atoms with Gasteiger partial charge in [0.2, 0.25) is 5.91 Å². The number of nitrogens with zero attached hydrogens (tertiary/aromatic N) is 3. The van der Waals surface area contributed by atoms with E-state index in [1.807, 2.05) is 73.0 Å². The molecule has 0 saturated carbocycles. The topological polar surface area (TPSA) is 126 Å². The van der Waals surface area contributed by atoms with Crippen molar-refractivity contribution < 1.29 is 19.1 Å². The summed E-state index contributed by atoms with van der Waals surface area (Å²) in [6.45, 7) is 6.70. The van der Waals surface area contributed by atoms with Crippen LogP contribution in [0, 0.1) is 0 Å². The lowest BCUT2D eigenvalue weighted by atomic mass is 9.95. The number of aromatic nitrogens is 2. The van der Waals surface area contributed by atoms with E-state index >= 15 is 0 Å². The fourth-order valence-electron chi connectivity index (χ4n) is 5.40. The van der Waals surface area contributed by atoms with Crippen LogP contribution in [0.15, 0.2) is 77.8 Å². The molecule has 3 N–H and O–H groups in total. The van der Waals surface area contributed by atoms with Gasteiger partial charge in [0.15, 0.2) is 0 Å². The van der Waals surface area contributed by atoms with Gasteiger partial charge in [-0.2, -0.15) is 0 Å². The SMILES string of the molecule is CCC[C@H](NC(=O)N(C)Cc1csc(C(C)C)n1)C(=O)N[C@H](CC[C@H](Cc1ccccc1)NC(=O)OCc1cncs1)Cc1ccccc1. The second-order valence-electron chi connectivity index (χ2n) is 12.5. The minimum absolute atomic E-state index is 0.156. The van der Waals surface area contributed by atoms with Crippen LogP contribution in [0.3, 0.4) is 0 Å². The second kappa shape index (κ2) is 19.6. The third-order valence-corrected chi connectivity index (χ3v) is 9.96. The van der Waals surface area contributed by atoms with Crippen molar-refractivity contribution in [3.63, 3.8) is 0 Å². The van der Waals surface area contributed by atoms with E-state index in [-0.39, 0.29) is 30.6 Å². The first-order valence-electron chi connectivity index (χ1n) is 16.8. The number of hydrogen-bond acceptors (Lipinski definition) is 8. The van der Waals surface area contributed by atoms with Crippen LogP contribution < -0.4 is 16.0 Å². The zero-order chi connectivity index (χ0) is 35.0. The highest BCUT2D eigenvalue weighted by Crippen LogP contribution is 2.20. The Morgan fingerprint density at radius 1 is 0.857 bits per heavy atom. The normalized spacial score (nSPS) is 12.9. The largest absolute Gasteiger partial charge is 0.444 e. The number of benzene rings is 2. The predicted molar refractivity (Wildman–Crippen MR) is 196 cm³/mol. The number of carbonyl (C=O) groups excluding carboxylic acids is 3. The summed E-state index contributed by atoms with van der Waals surface area (Å²) in [5.74, 6) is 0.101. The number of alkyl carbamates (subject to hydrolysis) is 1. The van der Waals surface area contributed by atoms with Crippen molar-refractivity contribution in [2.24, 2.45) is 0 Å². The molecule has 0 aliphatic heterocycles. The molecule has 0 bridgehead atoms. The molecular weight excluding hydrogens is 657 g/mol. The van der Waals surface area contributed by atoms with Crippen LogP contribution in [-0.4, -0.2) is 58.1 Å². The molecular formula is C37H48N6O4S2. The lowest BCUT2D eigenvalue weighted by Crippen LogP contribution is -2.52. The Balaban J connectivity index is 1.42. The smallest absolute Gasteiger partial charge is 0.407 e. The highest BCUT2D eigenvalue weighted by Gasteiger charge is 2.26. The lowest BCUT2D eigenvalue weighted by molar-refractivity contribution is -0.123. The average Bonchev–Trinajstić information content (AvgIpc) is 3.80. The molecule has 0 radical (unpaired) electrons. The van der Waals surface area contributed by atoms with Crippen LogP contribution >= 0.6 is 22.7 Å². The van der Waals surface area contributed by atoms with Crippen molar-refractivity contribution in [2.75, 3.05) is 7.05 Å². The molecule has 4 amide bonds. The molecule has 2 aromatic heterocycles. The maximum Gasteiger partial charge on any atom is 0.407 e. The number of urea groups is 1. The van der Waals surface area contributed by atoms with Crippen molar-refractivity contribution in [3.8, 4) is 0 Å². The third-order valence-electron chi connectivity index (χ3n) is 8.01. The average molecular weight is 705 g/mol. The highest BCUT2D eigenvalue weighted by molar-refractivity contribution is 7.09. The first-order valence-corrected chi connectivity index (χ1v) is 18.6. The van der Waals surface area contributed by atoms with E-state index < -0.39 is 12.1 Å². The first kappa shape index (κ1) is 37.5.